The summed E-state index contributed by atoms with van der Waals surface area (Å²) in [4.78, 5) is 0. The third kappa shape index (κ3) is 5.08. The minimum Gasteiger partial charge on any atom is -0.0876 e. The van der Waals surface area contributed by atoms with Crippen molar-refractivity contribution in [2.24, 2.45) is 0 Å². The maximum Gasteiger partial charge on any atom is 0.0283 e. The van der Waals surface area contributed by atoms with Crippen LogP contribution in [0.4, 0.5) is 0 Å². The lowest BCUT2D eigenvalue weighted by molar-refractivity contribution is 1.17. The summed E-state index contributed by atoms with van der Waals surface area (Å²) in [6.45, 7) is 0. The van der Waals surface area contributed by atoms with Gasteiger partial charge in [-0.3, -0.25) is 0 Å². The summed E-state index contributed by atoms with van der Waals surface area (Å²) in [6, 6.07) is 44.8. The normalized spacial score (nSPS) is 11.3. The summed E-state index contributed by atoms with van der Waals surface area (Å²) in [7, 11) is 0. The lowest BCUT2D eigenvalue weighted by atomic mass is 9.84. The van der Waals surface area contributed by atoms with Gasteiger partial charge in [0.15, 0.2) is 0 Å². The quantitative estimate of drug-likeness (QED) is 0.156. The highest BCUT2D eigenvalue weighted by Gasteiger charge is 2.18. The highest BCUT2D eigenvalue weighted by atomic mass is 79.9. The molecule has 0 unspecified atom stereocenters. The van der Waals surface area contributed by atoms with E-state index < -0.39 is 0 Å². The van der Waals surface area contributed by atoms with Crippen LogP contribution < -0.4 is 0 Å². The molecule has 6 rings (SSSR count). The highest BCUT2D eigenvalue weighted by Crippen LogP contribution is 2.40. The summed E-state index contributed by atoms with van der Waals surface area (Å²) in [5.74, 6) is 0. The zero-order chi connectivity index (χ0) is 25.9. The molecule has 6 aromatic rings. The average Bonchev–Trinajstić information content (AvgIpc) is 2.97. The molecule has 0 aromatic heterocycles. The summed E-state index contributed by atoms with van der Waals surface area (Å²) >= 11 is 7.27. The maximum absolute atomic E-state index is 3.64. The molecule has 6 aromatic carbocycles. The minimum atomic E-state index is 0.867. The van der Waals surface area contributed by atoms with Gasteiger partial charge in [0.05, 0.1) is 0 Å². The first-order valence-corrected chi connectivity index (χ1v) is 15.3. The second-order valence-corrected chi connectivity index (χ2v) is 11.0. The van der Waals surface area contributed by atoms with E-state index in [9.17, 15) is 0 Å². The van der Waals surface area contributed by atoms with Gasteiger partial charge in [-0.1, -0.05) is 153 Å². The van der Waals surface area contributed by atoms with Crippen molar-refractivity contribution in [2.75, 3.05) is 0 Å². The lowest BCUT2D eigenvalue weighted by Gasteiger charge is -2.20. The fourth-order valence-electron chi connectivity index (χ4n) is 5.60. The summed E-state index contributed by atoms with van der Waals surface area (Å²) < 4.78 is 0. The number of hydrogen-bond acceptors (Lipinski definition) is 0. The van der Waals surface area contributed by atoms with Crippen molar-refractivity contribution in [1.29, 1.82) is 0 Å². The molecule has 0 atom stereocenters. The number of alkyl halides is 2. The van der Waals surface area contributed by atoms with Crippen LogP contribution in [0.2, 0.25) is 0 Å². The molecule has 0 bridgehead atoms. The van der Waals surface area contributed by atoms with Crippen LogP contribution >= 0.6 is 31.9 Å². The van der Waals surface area contributed by atoms with Crippen LogP contribution in [0.1, 0.15) is 33.4 Å². The van der Waals surface area contributed by atoms with Gasteiger partial charge < -0.3 is 0 Å². The average molecular weight is 620 g/mol. The van der Waals surface area contributed by atoms with Crippen LogP contribution in [0, 0.1) is 0 Å². The van der Waals surface area contributed by atoms with Gasteiger partial charge in [0.25, 0.3) is 0 Å². The topological polar surface area (TPSA) is 0 Å². The fraction of sp³-hybridized carbons (Fsp3) is 0.111. The number of benzene rings is 6. The molecule has 2 heteroatoms. The van der Waals surface area contributed by atoms with Crippen LogP contribution in [0.3, 0.4) is 0 Å². The number of hydrogen-bond donors (Lipinski definition) is 0. The van der Waals surface area contributed by atoms with Crippen molar-refractivity contribution in [3.8, 4) is 11.1 Å². The van der Waals surface area contributed by atoms with Crippen molar-refractivity contribution < 1.29 is 0 Å². The Balaban J connectivity index is 1.61. The van der Waals surface area contributed by atoms with Crippen LogP contribution in [-0.4, -0.2) is 0 Å². The predicted molar refractivity (Wildman–Crippen MR) is 171 cm³/mol. The van der Waals surface area contributed by atoms with Gasteiger partial charge in [-0.25, -0.2) is 0 Å². The third-order valence-electron chi connectivity index (χ3n) is 7.36. The molecule has 0 aliphatic heterocycles. The molecule has 0 saturated heterocycles. The van der Waals surface area contributed by atoms with Gasteiger partial charge in [-0.15, -0.1) is 0 Å². The van der Waals surface area contributed by atoms with E-state index in [0.29, 0.717) is 0 Å². The summed E-state index contributed by atoms with van der Waals surface area (Å²) in [5, 5.41) is 6.92. The first-order valence-electron chi connectivity index (χ1n) is 13.0. The van der Waals surface area contributed by atoms with Gasteiger partial charge in [-0.05, 0) is 78.9 Å². The van der Waals surface area contributed by atoms with E-state index in [1.807, 2.05) is 0 Å². The van der Waals surface area contributed by atoms with Crippen LogP contribution in [-0.2, 0) is 23.5 Å². The number of halogens is 2. The Morgan fingerprint density at radius 3 is 1.26 bits per heavy atom. The van der Waals surface area contributed by atoms with Crippen LogP contribution in [0.5, 0.6) is 0 Å². The summed E-state index contributed by atoms with van der Waals surface area (Å²) in [6.07, 6.45) is 1.78. The van der Waals surface area contributed by atoms with Gasteiger partial charge >= 0.3 is 0 Å². The second-order valence-electron chi connectivity index (χ2n) is 9.90. The molecule has 0 amide bonds. The van der Waals surface area contributed by atoms with Crippen molar-refractivity contribution in [3.63, 3.8) is 0 Å². The summed E-state index contributed by atoms with van der Waals surface area (Å²) in [5.41, 5.74) is 10.7. The Kier molecular flexibility index (Phi) is 7.44. The molecule has 186 valence electrons. The van der Waals surface area contributed by atoms with Crippen molar-refractivity contribution in [2.45, 2.75) is 23.5 Å². The van der Waals surface area contributed by atoms with Crippen molar-refractivity contribution >= 4 is 53.4 Å². The molecule has 0 nitrogen and oxygen atoms in total. The second kappa shape index (κ2) is 11.3. The van der Waals surface area contributed by atoms with Crippen LogP contribution in [0.25, 0.3) is 32.7 Å². The van der Waals surface area contributed by atoms with Gasteiger partial charge in [0.2, 0.25) is 0 Å². The monoisotopic (exact) mass is 618 g/mol. The zero-order valence-corrected chi connectivity index (χ0v) is 24.3. The molecule has 0 radical (unpaired) electrons. The Morgan fingerprint density at radius 2 is 0.816 bits per heavy atom. The Labute approximate surface area is 241 Å². The largest absolute Gasteiger partial charge is 0.0876 e. The van der Waals surface area contributed by atoms with E-state index in [-0.39, 0.29) is 0 Å². The molecular formula is C36H28Br2. The number of fused-ring (bicyclic) bond motifs is 2. The zero-order valence-electron chi connectivity index (χ0n) is 21.1. The van der Waals surface area contributed by atoms with Crippen LogP contribution in [0.15, 0.2) is 121 Å². The van der Waals surface area contributed by atoms with Gasteiger partial charge in [-0.2, -0.15) is 0 Å². The molecule has 0 aliphatic rings. The molecule has 0 aliphatic carbocycles. The minimum absolute atomic E-state index is 0.867. The van der Waals surface area contributed by atoms with E-state index in [0.717, 1.165) is 23.5 Å². The molecule has 0 spiro atoms. The molecule has 38 heavy (non-hydrogen) atoms. The van der Waals surface area contributed by atoms with Crippen molar-refractivity contribution in [3.05, 3.63) is 155 Å². The van der Waals surface area contributed by atoms with Gasteiger partial charge in [0, 0.05) is 10.7 Å². The molecule has 0 saturated carbocycles. The number of rotatable bonds is 7. The highest BCUT2D eigenvalue weighted by molar-refractivity contribution is 9.08. The molecular weight excluding hydrogens is 592 g/mol. The van der Waals surface area contributed by atoms with E-state index >= 15 is 0 Å². The molecule has 0 N–H and O–H groups in total. The SMILES string of the molecule is BrCc1cccc(Cc2ccc3ccccc3c2-c2c(Cc3cccc(CBr)c3)ccc3ccccc23)c1. The smallest absolute Gasteiger partial charge is 0.0283 e. The first kappa shape index (κ1) is 25.1. The van der Waals surface area contributed by atoms with E-state index in [2.05, 4.69) is 153 Å². The van der Waals surface area contributed by atoms with Gasteiger partial charge in [0.1, 0.15) is 0 Å². The molecule has 0 heterocycles. The molecule has 0 fully saturated rings. The predicted octanol–water partition coefficient (Wildman–Crippen LogP) is 10.6. The third-order valence-corrected chi connectivity index (χ3v) is 8.66. The standard InChI is InChI=1S/C36H28Br2/c37-23-27-9-5-7-25(19-27)21-31-17-15-29-11-1-3-13-33(29)35(31)36-32(18-16-30-12-2-4-14-34(30)36)22-26-8-6-10-28(20-26)24-38/h1-20H,21-24H2. The van der Waals surface area contributed by atoms with E-state index in [4.69, 9.17) is 0 Å². The lowest BCUT2D eigenvalue weighted by Crippen LogP contribution is -2.00. The Hall–Kier alpha value is -3.20. The Morgan fingerprint density at radius 1 is 0.395 bits per heavy atom. The maximum atomic E-state index is 3.64. The van der Waals surface area contributed by atoms with E-state index in [1.165, 1.54) is 66.1 Å². The Bertz CT molecular complexity index is 1620. The first-order chi connectivity index (χ1) is 18.7. The van der Waals surface area contributed by atoms with E-state index in [1.54, 1.807) is 0 Å². The fourth-order valence-corrected chi connectivity index (χ4v) is 6.30. The van der Waals surface area contributed by atoms with Crippen molar-refractivity contribution in [1.82, 2.24) is 0 Å².